The maximum atomic E-state index is 12.3. The Bertz CT molecular complexity index is 869. The summed E-state index contributed by atoms with van der Waals surface area (Å²) in [5.74, 6) is 0.151. The largest absolute Gasteiger partial charge is 0.361 e. The van der Waals surface area contributed by atoms with Crippen molar-refractivity contribution in [2.45, 2.75) is 39.0 Å². The van der Waals surface area contributed by atoms with Gasteiger partial charge in [-0.3, -0.25) is 10.1 Å². The molecule has 0 unspecified atom stereocenters. The van der Waals surface area contributed by atoms with Crippen LogP contribution in [0.1, 0.15) is 40.7 Å². The van der Waals surface area contributed by atoms with E-state index in [1.54, 1.807) is 26.8 Å². The quantitative estimate of drug-likeness (QED) is 0.879. The minimum atomic E-state index is -3.29. The van der Waals surface area contributed by atoms with Gasteiger partial charge in [-0.25, -0.2) is 13.4 Å². The first-order valence-corrected chi connectivity index (χ1v) is 9.81. The van der Waals surface area contributed by atoms with Crippen molar-refractivity contribution in [1.82, 2.24) is 14.4 Å². The second kappa shape index (κ2) is 6.26. The predicted molar refractivity (Wildman–Crippen MR) is 89.5 cm³/mol. The Kier molecular flexibility index (Phi) is 4.45. The minimum Gasteiger partial charge on any atom is -0.361 e. The lowest BCUT2D eigenvalue weighted by Crippen LogP contribution is -2.39. The fourth-order valence-corrected chi connectivity index (χ4v) is 4.73. The Morgan fingerprint density at radius 3 is 2.83 bits per heavy atom. The summed E-state index contributed by atoms with van der Waals surface area (Å²) in [6, 6.07) is 1.54. The van der Waals surface area contributed by atoms with Gasteiger partial charge in [0.1, 0.15) is 5.76 Å². The maximum absolute atomic E-state index is 12.3. The third-order valence-electron chi connectivity index (χ3n) is 3.73. The van der Waals surface area contributed by atoms with E-state index >= 15 is 0 Å². The molecule has 0 aliphatic carbocycles. The fourth-order valence-electron chi connectivity index (χ4n) is 2.38. The van der Waals surface area contributed by atoms with Crippen molar-refractivity contribution in [2.24, 2.45) is 0 Å². The smallest absolute Gasteiger partial charge is 0.279 e. The Balaban J connectivity index is 1.75. The highest BCUT2D eigenvalue weighted by Crippen LogP contribution is 2.30. The van der Waals surface area contributed by atoms with Crippen LogP contribution >= 0.6 is 11.3 Å². The molecule has 10 heteroatoms. The van der Waals surface area contributed by atoms with Crippen molar-refractivity contribution in [3.63, 3.8) is 0 Å². The van der Waals surface area contributed by atoms with Crippen LogP contribution in [0.2, 0.25) is 0 Å². The van der Waals surface area contributed by atoms with Crippen LogP contribution in [0.5, 0.6) is 0 Å². The molecule has 0 aromatic carbocycles. The van der Waals surface area contributed by atoms with Crippen LogP contribution in [0.3, 0.4) is 0 Å². The van der Waals surface area contributed by atoms with Crippen LogP contribution < -0.4 is 5.32 Å². The molecule has 2 aromatic rings. The van der Waals surface area contributed by atoms with Gasteiger partial charge in [-0.05, 0) is 20.8 Å². The van der Waals surface area contributed by atoms with Gasteiger partial charge in [0.2, 0.25) is 10.0 Å². The predicted octanol–water partition coefficient (Wildman–Crippen LogP) is 1.79. The van der Waals surface area contributed by atoms with Gasteiger partial charge in [0.15, 0.2) is 10.8 Å². The maximum Gasteiger partial charge on any atom is 0.279 e. The normalized spacial score (nSPS) is 15.5. The molecule has 1 N–H and O–H groups in total. The van der Waals surface area contributed by atoms with Gasteiger partial charge in [0.25, 0.3) is 5.91 Å². The summed E-state index contributed by atoms with van der Waals surface area (Å²) in [4.78, 5) is 17.3. The molecule has 8 nitrogen and oxygen atoms in total. The summed E-state index contributed by atoms with van der Waals surface area (Å²) in [5.41, 5.74) is 1.02. The van der Waals surface area contributed by atoms with Gasteiger partial charge in [-0.2, -0.15) is 4.31 Å². The van der Waals surface area contributed by atoms with E-state index in [4.69, 9.17) is 4.52 Å². The SMILES string of the molecule is Cc1cc(C(=O)Nc2nc3c(s2)CN(S(=O)(=O)C(C)C)CC3)no1. The number of fused-ring (bicyclic) bond motifs is 1. The highest BCUT2D eigenvalue weighted by Gasteiger charge is 2.31. The molecule has 2 aromatic heterocycles. The lowest BCUT2D eigenvalue weighted by Gasteiger charge is -2.26. The van der Waals surface area contributed by atoms with Crippen LogP contribution in [0.4, 0.5) is 5.13 Å². The zero-order valence-corrected chi connectivity index (χ0v) is 15.2. The molecular weight excluding hydrogens is 352 g/mol. The molecule has 0 spiro atoms. The molecule has 0 saturated heterocycles. The van der Waals surface area contributed by atoms with Crippen molar-refractivity contribution in [3.05, 3.63) is 28.1 Å². The summed E-state index contributed by atoms with van der Waals surface area (Å²) in [6.07, 6.45) is 0.538. The lowest BCUT2D eigenvalue weighted by atomic mass is 10.2. The molecule has 0 bridgehead atoms. The minimum absolute atomic E-state index is 0.185. The van der Waals surface area contributed by atoms with Crippen LogP contribution in [-0.2, 0) is 23.0 Å². The van der Waals surface area contributed by atoms with Gasteiger partial charge < -0.3 is 4.52 Å². The average Bonchev–Trinajstić information content (AvgIpc) is 3.11. The van der Waals surface area contributed by atoms with Crippen molar-refractivity contribution in [1.29, 1.82) is 0 Å². The summed E-state index contributed by atoms with van der Waals surface area (Å²) < 4.78 is 30.9. The number of nitrogens with one attached hydrogen (secondary N) is 1. The summed E-state index contributed by atoms with van der Waals surface area (Å²) >= 11 is 1.29. The molecule has 0 radical (unpaired) electrons. The number of thiazole rings is 1. The van der Waals surface area contributed by atoms with Crippen LogP contribution in [0.15, 0.2) is 10.6 Å². The van der Waals surface area contributed by atoms with Crippen molar-refractivity contribution >= 4 is 32.4 Å². The molecule has 3 heterocycles. The van der Waals surface area contributed by atoms with Crippen molar-refractivity contribution in [3.8, 4) is 0 Å². The van der Waals surface area contributed by atoms with Crippen LogP contribution in [0, 0.1) is 6.92 Å². The van der Waals surface area contributed by atoms with E-state index in [9.17, 15) is 13.2 Å². The van der Waals surface area contributed by atoms with Crippen LogP contribution in [0.25, 0.3) is 0 Å². The van der Waals surface area contributed by atoms with E-state index < -0.39 is 21.2 Å². The van der Waals surface area contributed by atoms with Crippen LogP contribution in [-0.4, -0.2) is 40.6 Å². The standard InChI is InChI=1S/C14H18N4O4S2/c1-8(2)24(20,21)18-5-4-10-12(7-18)23-14(15-10)16-13(19)11-6-9(3)22-17-11/h6,8H,4-5,7H2,1-3H3,(H,15,16,19). The summed E-state index contributed by atoms with van der Waals surface area (Å²) in [7, 11) is -3.29. The molecule has 0 atom stereocenters. The van der Waals surface area contributed by atoms with Gasteiger partial charge >= 0.3 is 0 Å². The molecule has 24 heavy (non-hydrogen) atoms. The zero-order valence-electron chi connectivity index (χ0n) is 13.6. The number of nitrogens with zero attached hydrogens (tertiary/aromatic N) is 3. The number of carbonyl (C=O) groups excluding carboxylic acids is 1. The van der Waals surface area contributed by atoms with E-state index in [2.05, 4.69) is 15.5 Å². The number of amides is 1. The third kappa shape index (κ3) is 3.21. The van der Waals surface area contributed by atoms with E-state index in [0.717, 1.165) is 10.6 Å². The summed E-state index contributed by atoms with van der Waals surface area (Å²) in [5, 5.41) is 6.33. The molecule has 1 amide bonds. The molecule has 1 aliphatic heterocycles. The van der Waals surface area contributed by atoms with E-state index in [1.165, 1.54) is 15.6 Å². The average molecular weight is 370 g/mol. The number of aromatic nitrogens is 2. The summed E-state index contributed by atoms with van der Waals surface area (Å²) in [6.45, 7) is 5.75. The Morgan fingerprint density at radius 2 is 2.21 bits per heavy atom. The molecule has 1 aliphatic rings. The number of aryl methyl sites for hydroxylation is 1. The Labute approximate surface area is 143 Å². The third-order valence-corrected chi connectivity index (χ3v) is 6.95. The molecule has 0 saturated carbocycles. The zero-order chi connectivity index (χ0) is 17.5. The number of hydrogen-bond acceptors (Lipinski definition) is 7. The van der Waals surface area contributed by atoms with Gasteiger partial charge in [-0.15, -0.1) is 11.3 Å². The lowest BCUT2D eigenvalue weighted by molar-refractivity contribution is 0.101. The second-order valence-electron chi connectivity index (χ2n) is 5.84. The Hall–Kier alpha value is -1.78. The number of sulfonamides is 1. The highest BCUT2D eigenvalue weighted by atomic mass is 32.2. The van der Waals surface area contributed by atoms with Crippen molar-refractivity contribution in [2.75, 3.05) is 11.9 Å². The Morgan fingerprint density at radius 1 is 1.46 bits per heavy atom. The van der Waals surface area contributed by atoms with Gasteiger partial charge in [0.05, 0.1) is 10.9 Å². The van der Waals surface area contributed by atoms with Gasteiger partial charge in [-0.1, -0.05) is 5.16 Å². The number of hydrogen-bond donors (Lipinski definition) is 1. The van der Waals surface area contributed by atoms with E-state index in [-0.39, 0.29) is 5.69 Å². The molecule has 0 fully saturated rings. The molecule has 3 rings (SSSR count). The monoisotopic (exact) mass is 370 g/mol. The first kappa shape index (κ1) is 17.1. The number of carbonyl (C=O) groups is 1. The molecule has 130 valence electrons. The highest BCUT2D eigenvalue weighted by molar-refractivity contribution is 7.89. The molecular formula is C14H18N4O4S2. The fraction of sp³-hybridized carbons (Fsp3) is 0.500. The van der Waals surface area contributed by atoms with Crippen molar-refractivity contribution < 1.29 is 17.7 Å². The first-order valence-electron chi connectivity index (χ1n) is 7.49. The topological polar surface area (TPSA) is 105 Å². The second-order valence-corrected chi connectivity index (χ2v) is 9.42. The van der Waals surface area contributed by atoms with E-state index in [0.29, 0.717) is 30.4 Å². The van der Waals surface area contributed by atoms with Gasteiger partial charge in [0, 0.05) is 30.5 Å². The first-order chi connectivity index (χ1) is 11.3. The number of rotatable bonds is 4. The van der Waals surface area contributed by atoms with E-state index in [1.807, 2.05) is 0 Å². The number of anilines is 1.